The van der Waals surface area contributed by atoms with Crippen molar-refractivity contribution in [2.75, 3.05) is 0 Å². The van der Waals surface area contributed by atoms with Crippen LogP contribution in [0.2, 0.25) is 5.02 Å². The van der Waals surface area contributed by atoms with Gasteiger partial charge in [0.05, 0.1) is 5.02 Å². The van der Waals surface area contributed by atoms with Gasteiger partial charge in [-0.05, 0) is 24.4 Å². The Labute approximate surface area is 80.9 Å². The number of aromatic hydroxyl groups is 1. The second-order valence-electron chi connectivity index (χ2n) is 1.85. The number of thiocarbonyl (C=S) groups is 1. The van der Waals surface area contributed by atoms with Crippen molar-refractivity contribution in [2.24, 2.45) is 11.5 Å². The third-order valence-corrected chi connectivity index (χ3v) is 1.17. The first kappa shape index (κ1) is 11.0. The maximum Gasteiger partial charge on any atom is 0.160 e. The van der Waals surface area contributed by atoms with Crippen molar-refractivity contribution in [1.29, 1.82) is 0 Å². The fourth-order valence-corrected chi connectivity index (χ4v) is 0.587. The number of nitrogens with two attached hydrogens (primary N) is 2. The smallest absolute Gasteiger partial charge is 0.160 e. The molecule has 0 aromatic heterocycles. The summed E-state index contributed by atoms with van der Waals surface area (Å²) in [5, 5.41) is 9.18. The van der Waals surface area contributed by atoms with Crippen molar-refractivity contribution in [3.05, 3.63) is 29.3 Å². The van der Waals surface area contributed by atoms with Crippen molar-refractivity contribution in [3.63, 3.8) is 0 Å². The summed E-state index contributed by atoms with van der Waals surface area (Å²) in [6, 6.07) is 6.67. The molecule has 0 atom stereocenters. The molecule has 0 spiro atoms. The van der Waals surface area contributed by atoms with E-state index in [1.54, 1.807) is 24.3 Å². The second kappa shape index (κ2) is 5.62. The summed E-state index contributed by atoms with van der Waals surface area (Å²) < 4.78 is 0. The van der Waals surface area contributed by atoms with Crippen molar-refractivity contribution in [3.8, 4) is 5.75 Å². The first-order valence-corrected chi connectivity index (χ1v) is 3.81. The molecule has 0 fully saturated rings. The highest BCUT2D eigenvalue weighted by molar-refractivity contribution is 7.80. The van der Waals surface area contributed by atoms with E-state index in [1.165, 1.54) is 0 Å². The zero-order chi connectivity index (χ0) is 9.56. The molecule has 12 heavy (non-hydrogen) atoms. The zero-order valence-electron chi connectivity index (χ0n) is 6.20. The molecule has 0 bridgehead atoms. The lowest BCUT2D eigenvalue weighted by atomic mass is 10.3. The molecule has 0 saturated carbocycles. The summed E-state index contributed by atoms with van der Waals surface area (Å²) in [7, 11) is 0. The predicted molar refractivity (Wildman–Crippen MR) is 54.1 cm³/mol. The van der Waals surface area contributed by atoms with Gasteiger partial charge in [-0.15, -0.1) is 0 Å². The van der Waals surface area contributed by atoms with Crippen LogP contribution in [0.1, 0.15) is 0 Å². The standard InChI is InChI=1S/C6H5ClO.CH4N2S/c7-5-3-1-2-4-6(5)8;2-1(3)4/h1-4,8H;(H4,2,3,4). The van der Waals surface area contributed by atoms with Gasteiger partial charge in [-0.2, -0.15) is 0 Å². The van der Waals surface area contributed by atoms with Crippen LogP contribution in [-0.4, -0.2) is 10.2 Å². The fourth-order valence-electron chi connectivity index (χ4n) is 0.452. The highest BCUT2D eigenvalue weighted by atomic mass is 35.5. The molecular weight excluding hydrogens is 196 g/mol. The predicted octanol–water partition coefficient (Wildman–Crippen LogP) is 1.23. The number of phenolic OH excluding ortho intramolecular Hbond substituents is 1. The maximum absolute atomic E-state index is 8.79. The van der Waals surface area contributed by atoms with E-state index in [4.69, 9.17) is 16.7 Å². The molecule has 0 aliphatic rings. The van der Waals surface area contributed by atoms with Gasteiger partial charge in [0.25, 0.3) is 0 Å². The van der Waals surface area contributed by atoms with Crippen LogP contribution in [0.3, 0.4) is 0 Å². The number of hydrogen-bond acceptors (Lipinski definition) is 2. The van der Waals surface area contributed by atoms with Crippen molar-refractivity contribution >= 4 is 28.9 Å². The molecule has 1 aromatic rings. The van der Waals surface area contributed by atoms with E-state index in [-0.39, 0.29) is 10.9 Å². The van der Waals surface area contributed by atoms with Crippen molar-refractivity contribution < 1.29 is 5.11 Å². The van der Waals surface area contributed by atoms with Crippen LogP contribution in [0.25, 0.3) is 0 Å². The summed E-state index contributed by atoms with van der Waals surface area (Å²) in [5.41, 5.74) is 9.24. The minimum absolute atomic E-state index is 0.000000000000000222. The van der Waals surface area contributed by atoms with Gasteiger partial charge >= 0.3 is 0 Å². The Bertz CT molecular complexity index is 242. The van der Waals surface area contributed by atoms with Gasteiger partial charge < -0.3 is 16.6 Å². The molecule has 5 heteroatoms. The number of halogens is 1. The number of phenols is 1. The van der Waals surface area contributed by atoms with E-state index < -0.39 is 0 Å². The van der Waals surface area contributed by atoms with Crippen molar-refractivity contribution in [2.45, 2.75) is 0 Å². The summed E-state index contributed by atoms with van der Waals surface area (Å²) in [4.78, 5) is 0. The molecular formula is C7H9ClN2OS. The lowest BCUT2D eigenvalue weighted by Gasteiger charge is -1.89. The molecule has 0 unspecified atom stereocenters. The van der Waals surface area contributed by atoms with Gasteiger partial charge in [0.2, 0.25) is 0 Å². The average Bonchev–Trinajstić information content (AvgIpc) is 1.94. The minimum Gasteiger partial charge on any atom is -0.506 e. The van der Waals surface area contributed by atoms with E-state index in [0.717, 1.165) is 0 Å². The zero-order valence-corrected chi connectivity index (χ0v) is 7.77. The van der Waals surface area contributed by atoms with Crippen LogP contribution >= 0.6 is 23.8 Å². The molecule has 0 aliphatic heterocycles. The Balaban J connectivity index is 0.000000261. The molecule has 0 radical (unpaired) electrons. The fraction of sp³-hybridized carbons (Fsp3) is 0. The lowest BCUT2D eigenvalue weighted by molar-refractivity contribution is 0.475. The SMILES string of the molecule is NC(N)=S.Oc1ccccc1Cl. The van der Waals surface area contributed by atoms with Crippen molar-refractivity contribution in [1.82, 2.24) is 0 Å². The average molecular weight is 205 g/mol. The van der Waals surface area contributed by atoms with Crippen LogP contribution in [0.15, 0.2) is 24.3 Å². The molecule has 3 nitrogen and oxygen atoms in total. The maximum atomic E-state index is 8.79. The van der Waals surface area contributed by atoms with Gasteiger partial charge in [0.15, 0.2) is 5.11 Å². The highest BCUT2D eigenvalue weighted by Gasteiger charge is 1.89. The van der Waals surface area contributed by atoms with Crippen LogP contribution < -0.4 is 11.5 Å². The Morgan fingerprint density at radius 2 is 1.75 bits per heavy atom. The Morgan fingerprint density at radius 1 is 1.33 bits per heavy atom. The first-order valence-electron chi connectivity index (χ1n) is 3.02. The molecule has 0 heterocycles. The molecule has 0 saturated heterocycles. The molecule has 1 rings (SSSR count). The van der Waals surface area contributed by atoms with E-state index >= 15 is 0 Å². The van der Waals surface area contributed by atoms with E-state index in [0.29, 0.717) is 5.02 Å². The van der Waals surface area contributed by atoms with E-state index in [2.05, 4.69) is 23.7 Å². The van der Waals surface area contributed by atoms with Crippen LogP contribution in [0, 0.1) is 0 Å². The van der Waals surface area contributed by atoms with Crippen LogP contribution in [-0.2, 0) is 0 Å². The van der Waals surface area contributed by atoms with Gasteiger partial charge in [-0.3, -0.25) is 0 Å². The van der Waals surface area contributed by atoms with Gasteiger partial charge in [0, 0.05) is 0 Å². The van der Waals surface area contributed by atoms with Crippen LogP contribution in [0.5, 0.6) is 5.75 Å². The molecule has 0 aliphatic carbocycles. The largest absolute Gasteiger partial charge is 0.506 e. The number of rotatable bonds is 0. The molecule has 5 N–H and O–H groups in total. The monoisotopic (exact) mass is 204 g/mol. The normalized spacial score (nSPS) is 8.08. The van der Waals surface area contributed by atoms with Crippen LogP contribution in [0.4, 0.5) is 0 Å². The Hall–Kier alpha value is -1.00. The first-order chi connectivity index (χ1) is 5.54. The second-order valence-corrected chi connectivity index (χ2v) is 2.73. The Morgan fingerprint density at radius 3 is 2.00 bits per heavy atom. The topological polar surface area (TPSA) is 72.3 Å². The van der Waals surface area contributed by atoms with Gasteiger partial charge in [-0.25, -0.2) is 0 Å². The van der Waals surface area contributed by atoms with Gasteiger partial charge in [-0.1, -0.05) is 23.7 Å². The number of benzene rings is 1. The number of hydrogen-bond donors (Lipinski definition) is 3. The lowest BCUT2D eigenvalue weighted by Crippen LogP contribution is -2.18. The van der Waals surface area contributed by atoms with Gasteiger partial charge in [0.1, 0.15) is 5.75 Å². The molecule has 1 aromatic carbocycles. The quantitative estimate of drug-likeness (QED) is 0.556. The number of para-hydroxylation sites is 1. The third-order valence-electron chi connectivity index (χ3n) is 0.852. The third kappa shape index (κ3) is 5.76. The summed E-state index contributed by atoms with van der Waals surface area (Å²) >= 11 is 9.55. The van der Waals surface area contributed by atoms with E-state index in [9.17, 15) is 0 Å². The van der Waals surface area contributed by atoms with E-state index in [1.807, 2.05) is 0 Å². The summed E-state index contributed by atoms with van der Waals surface area (Å²) in [6.45, 7) is 0. The molecule has 66 valence electrons. The Kier molecular flexibility index (Phi) is 5.16. The highest BCUT2D eigenvalue weighted by Crippen LogP contribution is 2.20. The summed E-state index contributed by atoms with van der Waals surface area (Å²) in [5.74, 6) is 0.133. The molecule has 0 amide bonds. The minimum atomic E-state index is 0.000000000000000222. The summed E-state index contributed by atoms with van der Waals surface area (Å²) in [6.07, 6.45) is 0.